The lowest BCUT2D eigenvalue weighted by atomic mass is 10.1. The highest BCUT2D eigenvalue weighted by Crippen LogP contribution is 2.24. The number of rotatable bonds is 2. The highest BCUT2D eigenvalue weighted by atomic mass is 16.2. The van der Waals surface area contributed by atoms with Crippen LogP contribution < -0.4 is 4.90 Å². The number of piperazine rings is 1. The molecular formula is C20H23N5O. The van der Waals surface area contributed by atoms with Crippen LogP contribution in [0.2, 0.25) is 0 Å². The van der Waals surface area contributed by atoms with Gasteiger partial charge in [0, 0.05) is 43.6 Å². The SMILES string of the molecule is Cc1cccc(N2CCN(C(=O)c3ccn4c(C)nnc4c3)CC2)c1C. The van der Waals surface area contributed by atoms with Gasteiger partial charge in [0.2, 0.25) is 0 Å². The summed E-state index contributed by atoms with van der Waals surface area (Å²) in [5.74, 6) is 0.884. The molecule has 1 aliphatic rings. The van der Waals surface area contributed by atoms with Crippen molar-refractivity contribution in [2.45, 2.75) is 20.8 Å². The van der Waals surface area contributed by atoms with E-state index in [4.69, 9.17) is 0 Å². The quantitative estimate of drug-likeness (QED) is 0.714. The molecule has 1 amide bonds. The molecule has 0 N–H and O–H groups in total. The minimum atomic E-state index is 0.0637. The van der Waals surface area contributed by atoms with Gasteiger partial charge in [-0.3, -0.25) is 9.20 Å². The zero-order valence-corrected chi connectivity index (χ0v) is 15.4. The van der Waals surface area contributed by atoms with Gasteiger partial charge >= 0.3 is 0 Å². The number of fused-ring (bicyclic) bond motifs is 1. The largest absolute Gasteiger partial charge is 0.368 e. The van der Waals surface area contributed by atoms with Gasteiger partial charge in [0.1, 0.15) is 5.82 Å². The third-order valence-corrected chi connectivity index (χ3v) is 5.31. The number of benzene rings is 1. The summed E-state index contributed by atoms with van der Waals surface area (Å²) in [5.41, 5.74) is 5.28. The molecule has 0 atom stereocenters. The van der Waals surface area contributed by atoms with Crippen LogP contribution in [-0.4, -0.2) is 51.6 Å². The second kappa shape index (κ2) is 6.44. The van der Waals surface area contributed by atoms with Crippen molar-refractivity contribution in [1.29, 1.82) is 0 Å². The number of nitrogens with zero attached hydrogens (tertiary/aromatic N) is 5. The van der Waals surface area contributed by atoms with Crippen molar-refractivity contribution >= 4 is 17.2 Å². The van der Waals surface area contributed by atoms with E-state index in [9.17, 15) is 4.79 Å². The van der Waals surface area contributed by atoms with E-state index in [0.717, 1.165) is 32.0 Å². The van der Waals surface area contributed by atoms with Crippen LogP contribution in [0.4, 0.5) is 5.69 Å². The Balaban J connectivity index is 1.48. The van der Waals surface area contributed by atoms with Gasteiger partial charge in [0.25, 0.3) is 5.91 Å². The number of amides is 1. The summed E-state index contributed by atoms with van der Waals surface area (Å²) >= 11 is 0. The standard InChI is InChI=1S/C20H23N5O/c1-14-5-4-6-18(15(14)2)23-9-11-24(12-10-23)20(26)17-7-8-25-16(3)21-22-19(25)13-17/h4-8,13H,9-12H2,1-3H3. The maximum absolute atomic E-state index is 12.9. The number of pyridine rings is 1. The molecule has 0 unspecified atom stereocenters. The summed E-state index contributed by atoms with van der Waals surface area (Å²) in [7, 11) is 0. The predicted octanol–water partition coefficient (Wildman–Crippen LogP) is 2.62. The van der Waals surface area contributed by atoms with Gasteiger partial charge in [-0.2, -0.15) is 0 Å². The molecule has 6 heteroatoms. The molecule has 3 aromatic rings. The molecule has 134 valence electrons. The molecule has 1 aliphatic heterocycles. The average Bonchev–Trinajstić information content (AvgIpc) is 3.04. The van der Waals surface area contributed by atoms with E-state index in [1.54, 1.807) is 0 Å². The fraction of sp³-hybridized carbons (Fsp3) is 0.350. The first-order valence-corrected chi connectivity index (χ1v) is 8.96. The lowest BCUT2D eigenvalue weighted by Gasteiger charge is -2.37. The third-order valence-electron chi connectivity index (χ3n) is 5.31. The number of aromatic nitrogens is 3. The summed E-state index contributed by atoms with van der Waals surface area (Å²) in [6.45, 7) is 9.35. The van der Waals surface area contributed by atoms with Crippen LogP contribution in [0.1, 0.15) is 27.3 Å². The highest BCUT2D eigenvalue weighted by Gasteiger charge is 2.23. The molecule has 1 fully saturated rings. The van der Waals surface area contributed by atoms with E-state index in [1.807, 2.05) is 34.6 Å². The Morgan fingerprint density at radius 2 is 1.77 bits per heavy atom. The number of carbonyl (C=O) groups is 1. The predicted molar refractivity (Wildman–Crippen MR) is 102 cm³/mol. The van der Waals surface area contributed by atoms with Crippen molar-refractivity contribution in [3.63, 3.8) is 0 Å². The van der Waals surface area contributed by atoms with E-state index in [0.29, 0.717) is 11.2 Å². The molecule has 4 rings (SSSR count). The first-order valence-electron chi connectivity index (χ1n) is 8.96. The highest BCUT2D eigenvalue weighted by molar-refractivity contribution is 5.95. The van der Waals surface area contributed by atoms with Gasteiger partial charge in [0.05, 0.1) is 0 Å². The summed E-state index contributed by atoms with van der Waals surface area (Å²) in [5, 5.41) is 8.16. The van der Waals surface area contributed by atoms with Gasteiger partial charge in [-0.1, -0.05) is 12.1 Å². The van der Waals surface area contributed by atoms with Gasteiger partial charge in [-0.05, 0) is 50.1 Å². The Labute approximate surface area is 153 Å². The van der Waals surface area contributed by atoms with Crippen molar-refractivity contribution < 1.29 is 4.79 Å². The zero-order chi connectivity index (χ0) is 18.3. The monoisotopic (exact) mass is 349 g/mol. The maximum atomic E-state index is 12.9. The van der Waals surface area contributed by atoms with Crippen LogP contribution >= 0.6 is 0 Å². The third kappa shape index (κ3) is 2.81. The average molecular weight is 349 g/mol. The summed E-state index contributed by atoms with van der Waals surface area (Å²) in [6.07, 6.45) is 1.87. The van der Waals surface area contributed by atoms with Gasteiger partial charge in [0.15, 0.2) is 5.65 Å². The number of anilines is 1. The minimum Gasteiger partial charge on any atom is -0.368 e. The van der Waals surface area contributed by atoms with Gasteiger partial charge < -0.3 is 9.80 Å². The molecule has 6 nitrogen and oxygen atoms in total. The Kier molecular flexibility index (Phi) is 4.11. The molecule has 1 aromatic carbocycles. The summed E-state index contributed by atoms with van der Waals surface area (Å²) in [4.78, 5) is 17.2. The van der Waals surface area contributed by atoms with Crippen molar-refractivity contribution in [1.82, 2.24) is 19.5 Å². The molecule has 0 spiro atoms. The summed E-state index contributed by atoms with van der Waals surface area (Å²) < 4.78 is 1.88. The molecule has 0 radical (unpaired) electrons. The van der Waals surface area contributed by atoms with Crippen LogP contribution in [-0.2, 0) is 0 Å². The Morgan fingerprint density at radius 1 is 1.00 bits per heavy atom. The van der Waals surface area contributed by atoms with Crippen LogP contribution in [0.25, 0.3) is 5.65 Å². The Hall–Kier alpha value is -2.89. The molecule has 0 saturated carbocycles. The molecule has 0 bridgehead atoms. The van der Waals surface area contributed by atoms with Crippen LogP contribution in [0.5, 0.6) is 0 Å². The lowest BCUT2D eigenvalue weighted by molar-refractivity contribution is 0.0746. The molecule has 26 heavy (non-hydrogen) atoms. The number of carbonyl (C=O) groups excluding carboxylic acids is 1. The first kappa shape index (κ1) is 16.6. The maximum Gasteiger partial charge on any atom is 0.254 e. The lowest BCUT2D eigenvalue weighted by Crippen LogP contribution is -2.49. The molecule has 3 heterocycles. The van der Waals surface area contributed by atoms with Gasteiger partial charge in [-0.25, -0.2) is 0 Å². The van der Waals surface area contributed by atoms with E-state index in [2.05, 4.69) is 47.1 Å². The van der Waals surface area contributed by atoms with Crippen LogP contribution in [0.15, 0.2) is 36.5 Å². The molecular weight excluding hydrogens is 326 g/mol. The number of aryl methyl sites for hydroxylation is 2. The smallest absolute Gasteiger partial charge is 0.254 e. The van der Waals surface area contributed by atoms with Crippen molar-refractivity contribution in [2.24, 2.45) is 0 Å². The second-order valence-electron chi connectivity index (χ2n) is 6.89. The molecule has 1 saturated heterocycles. The van der Waals surface area contributed by atoms with Crippen molar-refractivity contribution in [3.05, 3.63) is 59.0 Å². The first-order chi connectivity index (χ1) is 12.5. The molecule has 0 aliphatic carbocycles. The Morgan fingerprint density at radius 3 is 2.54 bits per heavy atom. The van der Waals surface area contributed by atoms with Crippen molar-refractivity contribution in [3.8, 4) is 0 Å². The number of hydrogen-bond acceptors (Lipinski definition) is 4. The van der Waals surface area contributed by atoms with Crippen LogP contribution in [0.3, 0.4) is 0 Å². The fourth-order valence-electron chi connectivity index (χ4n) is 3.55. The Bertz CT molecular complexity index is 969. The van der Waals surface area contributed by atoms with E-state index >= 15 is 0 Å². The van der Waals surface area contributed by atoms with E-state index in [-0.39, 0.29) is 5.91 Å². The normalized spacial score (nSPS) is 14.9. The minimum absolute atomic E-state index is 0.0637. The molecule has 2 aromatic heterocycles. The van der Waals surface area contributed by atoms with E-state index in [1.165, 1.54) is 16.8 Å². The van der Waals surface area contributed by atoms with Gasteiger partial charge in [-0.15, -0.1) is 10.2 Å². The van der Waals surface area contributed by atoms with Crippen molar-refractivity contribution in [2.75, 3.05) is 31.1 Å². The fourth-order valence-corrected chi connectivity index (χ4v) is 3.55. The number of hydrogen-bond donors (Lipinski definition) is 0. The summed E-state index contributed by atoms with van der Waals surface area (Å²) in [6, 6.07) is 10.1. The van der Waals surface area contributed by atoms with E-state index < -0.39 is 0 Å². The van der Waals surface area contributed by atoms with Crippen LogP contribution in [0, 0.1) is 20.8 Å². The second-order valence-corrected chi connectivity index (χ2v) is 6.89. The topological polar surface area (TPSA) is 53.7 Å². The zero-order valence-electron chi connectivity index (χ0n) is 15.4.